The van der Waals surface area contributed by atoms with E-state index in [0.717, 1.165) is 38.5 Å². The van der Waals surface area contributed by atoms with E-state index in [4.69, 9.17) is 9.47 Å². The number of likely N-dealkylation sites (tertiary alicyclic amines) is 1. The van der Waals surface area contributed by atoms with Crippen molar-refractivity contribution >= 4 is 11.9 Å². The highest BCUT2D eigenvalue weighted by atomic mass is 16.5. The molecule has 5 heteroatoms. The quantitative estimate of drug-likeness (QED) is 0.746. The number of amides is 1. The van der Waals surface area contributed by atoms with Crippen LogP contribution in [0.2, 0.25) is 0 Å². The van der Waals surface area contributed by atoms with E-state index < -0.39 is 6.04 Å². The molecule has 3 aliphatic rings. The molecule has 2 aliphatic carbocycles. The topological polar surface area (TPSA) is 55.8 Å². The van der Waals surface area contributed by atoms with Crippen LogP contribution in [0.15, 0.2) is 0 Å². The molecule has 23 heavy (non-hydrogen) atoms. The van der Waals surface area contributed by atoms with Crippen LogP contribution in [0.1, 0.15) is 64.2 Å². The van der Waals surface area contributed by atoms with Crippen molar-refractivity contribution in [3.63, 3.8) is 0 Å². The van der Waals surface area contributed by atoms with E-state index >= 15 is 0 Å². The number of hydrogen-bond acceptors (Lipinski definition) is 4. The standard InChI is InChI=1S/C18H29NO4/c1-22-18(21)16-11-13-7-5-6-10-15(13)19(16)17(20)12-23-14-8-3-2-4-9-14/h13-16H,2-12H2,1H3/t13-,15-,16-/m0/s1. The number of hydrogen-bond donors (Lipinski definition) is 0. The molecule has 0 unspecified atom stereocenters. The maximum atomic E-state index is 12.8. The Hall–Kier alpha value is -1.10. The lowest BCUT2D eigenvalue weighted by atomic mass is 9.85. The second kappa shape index (κ2) is 7.65. The lowest BCUT2D eigenvalue weighted by Crippen LogP contribution is -2.48. The Morgan fingerprint density at radius 3 is 2.43 bits per heavy atom. The first-order valence-corrected chi connectivity index (χ1v) is 9.21. The molecular formula is C18H29NO4. The third kappa shape index (κ3) is 3.70. The van der Waals surface area contributed by atoms with E-state index in [1.54, 1.807) is 4.90 Å². The molecule has 0 spiro atoms. The minimum Gasteiger partial charge on any atom is -0.467 e. The SMILES string of the molecule is COC(=O)[C@@H]1C[C@@H]2CCCC[C@@H]2N1C(=O)COC1CCCCC1. The summed E-state index contributed by atoms with van der Waals surface area (Å²) in [6, 6.07) is -0.203. The molecule has 3 fully saturated rings. The number of ether oxygens (including phenoxy) is 2. The predicted molar refractivity (Wildman–Crippen MR) is 85.8 cm³/mol. The predicted octanol–water partition coefficient (Wildman–Crippen LogP) is 2.67. The third-order valence-electron chi connectivity index (χ3n) is 5.84. The van der Waals surface area contributed by atoms with Gasteiger partial charge in [0.05, 0.1) is 13.2 Å². The molecule has 130 valence electrons. The van der Waals surface area contributed by atoms with Gasteiger partial charge in [-0.15, -0.1) is 0 Å². The van der Waals surface area contributed by atoms with Crippen molar-refractivity contribution in [2.45, 2.75) is 82.4 Å². The van der Waals surface area contributed by atoms with Crippen molar-refractivity contribution < 1.29 is 19.1 Å². The number of fused-ring (bicyclic) bond motifs is 1. The molecule has 0 bridgehead atoms. The zero-order chi connectivity index (χ0) is 16.2. The summed E-state index contributed by atoms with van der Waals surface area (Å²) in [6.45, 7) is 0.112. The Morgan fingerprint density at radius 1 is 1.00 bits per heavy atom. The second-order valence-corrected chi connectivity index (χ2v) is 7.26. The number of carbonyl (C=O) groups is 2. The van der Waals surface area contributed by atoms with Gasteiger partial charge in [-0.3, -0.25) is 4.79 Å². The van der Waals surface area contributed by atoms with Crippen molar-refractivity contribution in [2.24, 2.45) is 5.92 Å². The summed E-state index contributed by atoms with van der Waals surface area (Å²) >= 11 is 0. The summed E-state index contributed by atoms with van der Waals surface area (Å²) in [7, 11) is 1.41. The average Bonchev–Trinajstić information content (AvgIpc) is 2.99. The van der Waals surface area contributed by atoms with Gasteiger partial charge in [-0.25, -0.2) is 4.79 Å². The number of nitrogens with zero attached hydrogens (tertiary/aromatic N) is 1. The zero-order valence-corrected chi connectivity index (χ0v) is 14.2. The van der Waals surface area contributed by atoms with Crippen molar-refractivity contribution in [2.75, 3.05) is 13.7 Å². The van der Waals surface area contributed by atoms with Crippen LogP contribution in [-0.4, -0.2) is 48.7 Å². The van der Waals surface area contributed by atoms with Crippen LogP contribution in [0.5, 0.6) is 0 Å². The molecule has 0 aromatic heterocycles. The second-order valence-electron chi connectivity index (χ2n) is 7.26. The van der Waals surface area contributed by atoms with Gasteiger partial charge in [0.2, 0.25) is 5.91 Å². The van der Waals surface area contributed by atoms with Gasteiger partial charge >= 0.3 is 5.97 Å². The fourth-order valence-electron chi connectivity index (χ4n) is 4.66. The van der Waals surface area contributed by atoms with Crippen LogP contribution < -0.4 is 0 Å². The Balaban J connectivity index is 1.63. The largest absolute Gasteiger partial charge is 0.467 e. The first kappa shape index (κ1) is 16.7. The maximum Gasteiger partial charge on any atom is 0.328 e. The molecule has 0 aromatic rings. The van der Waals surface area contributed by atoms with Crippen molar-refractivity contribution in [1.29, 1.82) is 0 Å². The van der Waals surface area contributed by atoms with Gasteiger partial charge in [-0.1, -0.05) is 32.1 Å². The molecule has 1 aliphatic heterocycles. The van der Waals surface area contributed by atoms with Gasteiger partial charge < -0.3 is 14.4 Å². The van der Waals surface area contributed by atoms with Gasteiger partial charge in [0.1, 0.15) is 12.6 Å². The molecule has 5 nitrogen and oxygen atoms in total. The van der Waals surface area contributed by atoms with Crippen LogP contribution >= 0.6 is 0 Å². The number of carbonyl (C=O) groups excluding carboxylic acids is 2. The lowest BCUT2D eigenvalue weighted by Gasteiger charge is -2.33. The summed E-state index contributed by atoms with van der Waals surface area (Å²) < 4.78 is 10.8. The minimum absolute atomic E-state index is 0.0274. The number of esters is 1. The number of rotatable bonds is 4. The third-order valence-corrected chi connectivity index (χ3v) is 5.84. The minimum atomic E-state index is -0.407. The normalized spacial score (nSPS) is 31.7. The fourth-order valence-corrected chi connectivity index (χ4v) is 4.66. The summed E-state index contributed by atoms with van der Waals surface area (Å²) in [4.78, 5) is 26.7. The molecule has 0 radical (unpaired) electrons. The fraction of sp³-hybridized carbons (Fsp3) is 0.889. The highest BCUT2D eigenvalue weighted by molar-refractivity contribution is 5.86. The van der Waals surface area contributed by atoms with E-state index in [0.29, 0.717) is 5.92 Å². The van der Waals surface area contributed by atoms with Gasteiger partial charge in [0.25, 0.3) is 0 Å². The summed E-state index contributed by atoms with van der Waals surface area (Å²) in [5.74, 6) is 0.150. The van der Waals surface area contributed by atoms with Crippen LogP contribution in [0.25, 0.3) is 0 Å². The van der Waals surface area contributed by atoms with E-state index in [1.807, 2.05) is 0 Å². The van der Waals surface area contributed by atoms with Crippen molar-refractivity contribution in [3.8, 4) is 0 Å². The smallest absolute Gasteiger partial charge is 0.328 e. The van der Waals surface area contributed by atoms with Gasteiger partial charge in [0.15, 0.2) is 0 Å². The molecular weight excluding hydrogens is 294 g/mol. The molecule has 3 atom stereocenters. The highest BCUT2D eigenvalue weighted by Crippen LogP contribution is 2.40. The Morgan fingerprint density at radius 2 is 1.70 bits per heavy atom. The summed E-state index contributed by atoms with van der Waals surface area (Å²) in [6.07, 6.45) is 11.2. The van der Waals surface area contributed by atoms with E-state index in [2.05, 4.69) is 0 Å². The summed E-state index contributed by atoms with van der Waals surface area (Å²) in [5, 5.41) is 0. The van der Waals surface area contributed by atoms with Crippen LogP contribution in [0.4, 0.5) is 0 Å². The Labute approximate surface area is 138 Å². The molecule has 1 saturated heterocycles. The molecule has 0 N–H and O–H groups in total. The lowest BCUT2D eigenvalue weighted by molar-refractivity contribution is -0.155. The molecule has 3 rings (SSSR count). The highest BCUT2D eigenvalue weighted by Gasteiger charge is 2.47. The zero-order valence-electron chi connectivity index (χ0n) is 14.2. The first-order valence-electron chi connectivity index (χ1n) is 9.21. The van der Waals surface area contributed by atoms with Gasteiger partial charge in [-0.2, -0.15) is 0 Å². The first-order chi connectivity index (χ1) is 11.2. The average molecular weight is 323 g/mol. The van der Waals surface area contributed by atoms with Crippen molar-refractivity contribution in [1.82, 2.24) is 4.90 Å². The molecule has 1 heterocycles. The summed E-state index contributed by atoms with van der Waals surface area (Å²) in [5.41, 5.74) is 0. The Bertz CT molecular complexity index is 433. The Kier molecular flexibility index (Phi) is 5.57. The van der Waals surface area contributed by atoms with Crippen LogP contribution in [0, 0.1) is 5.92 Å². The number of methoxy groups -OCH3 is 1. The van der Waals surface area contributed by atoms with E-state index in [9.17, 15) is 9.59 Å². The maximum absolute atomic E-state index is 12.8. The van der Waals surface area contributed by atoms with Crippen LogP contribution in [0.3, 0.4) is 0 Å². The van der Waals surface area contributed by atoms with E-state index in [-0.39, 0.29) is 30.6 Å². The monoisotopic (exact) mass is 323 g/mol. The van der Waals surface area contributed by atoms with Crippen molar-refractivity contribution in [3.05, 3.63) is 0 Å². The molecule has 0 aromatic carbocycles. The van der Waals surface area contributed by atoms with E-state index in [1.165, 1.54) is 32.8 Å². The molecule has 2 saturated carbocycles. The molecule has 1 amide bonds. The van der Waals surface area contributed by atoms with Crippen LogP contribution in [-0.2, 0) is 19.1 Å². The van der Waals surface area contributed by atoms with Gasteiger partial charge in [-0.05, 0) is 38.0 Å². The van der Waals surface area contributed by atoms with Gasteiger partial charge in [0, 0.05) is 6.04 Å².